The lowest BCUT2D eigenvalue weighted by Gasteiger charge is -2.02. The van der Waals surface area contributed by atoms with Gasteiger partial charge in [0.15, 0.2) is 0 Å². The van der Waals surface area contributed by atoms with Gasteiger partial charge in [0.1, 0.15) is 17.3 Å². The highest BCUT2D eigenvalue weighted by molar-refractivity contribution is 6.01. The van der Waals surface area contributed by atoms with Crippen molar-refractivity contribution in [3.8, 4) is 17.4 Å². The molecule has 5 heteroatoms. The first-order valence-electron chi connectivity index (χ1n) is 7.95. The third-order valence-corrected chi connectivity index (χ3v) is 3.67. The fraction of sp³-hybridized carbons (Fsp3) is 0.0476. The van der Waals surface area contributed by atoms with Crippen LogP contribution in [-0.4, -0.2) is 5.91 Å². The standard InChI is InChI=1S/C21H15FN2O2/c22-19-4-2-1-3-18(19)20-11-9-17(26-20)10-12-21(25)24-16-7-5-15(6-8-16)13-14-23/h1-12H,13H2,(H,24,25)/b12-10+. The summed E-state index contributed by atoms with van der Waals surface area (Å²) in [4.78, 5) is 12.0. The minimum Gasteiger partial charge on any atom is -0.457 e. The second-order valence-corrected chi connectivity index (χ2v) is 5.54. The van der Waals surface area contributed by atoms with E-state index in [4.69, 9.17) is 9.68 Å². The van der Waals surface area contributed by atoms with E-state index >= 15 is 0 Å². The van der Waals surface area contributed by atoms with E-state index in [-0.39, 0.29) is 11.7 Å². The van der Waals surface area contributed by atoms with Gasteiger partial charge in [-0.25, -0.2) is 4.39 Å². The summed E-state index contributed by atoms with van der Waals surface area (Å²) in [6.45, 7) is 0. The summed E-state index contributed by atoms with van der Waals surface area (Å²) in [7, 11) is 0. The molecule has 0 aliphatic carbocycles. The normalized spacial score (nSPS) is 10.6. The zero-order valence-electron chi connectivity index (χ0n) is 13.8. The molecule has 0 aliphatic rings. The minimum absolute atomic E-state index is 0.318. The van der Waals surface area contributed by atoms with Crippen molar-refractivity contribution in [2.24, 2.45) is 0 Å². The molecule has 128 valence electrons. The van der Waals surface area contributed by atoms with Gasteiger partial charge in [-0.15, -0.1) is 0 Å². The number of rotatable bonds is 5. The molecule has 1 aromatic heterocycles. The Morgan fingerprint density at radius 3 is 2.62 bits per heavy atom. The average molecular weight is 346 g/mol. The molecule has 0 unspecified atom stereocenters. The molecule has 0 aliphatic heterocycles. The molecule has 26 heavy (non-hydrogen) atoms. The largest absolute Gasteiger partial charge is 0.457 e. The molecule has 4 nitrogen and oxygen atoms in total. The number of nitrogens with one attached hydrogen (secondary N) is 1. The van der Waals surface area contributed by atoms with E-state index < -0.39 is 0 Å². The number of furan rings is 1. The van der Waals surface area contributed by atoms with Crippen molar-refractivity contribution in [2.75, 3.05) is 5.32 Å². The van der Waals surface area contributed by atoms with Crippen molar-refractivity contribution in [1.82, 2.24) is 0 Å². The van der Waals surface area contributed by atoms with Gasteiger partial charge in [0.2, 0.25) is 5.91 Å². The Morgan fingerprint density at radius 1 is 1.12 bits per heavy atom. The quantitative estimate of drug-likeness (QED) is 0.675. The third kappa shape index (κ3) is 4.25. The first-order chi connectivity index (χ1) is 12.7. The maximum Gasteiger partial charge on any atom is 0.248 e. The maximum absolute atomic E-state index is 13.8. The smallest absolute Gasteiger partial charge is 0.248 e. The SMILES string of the molecule is N#CCc1ccc(NC(=O)/C=C/c2ccc(-c3ccccc3F)o2)cc1. The van der Waals surface area contributed by atoms with Crippen LogP contribution in [0.15, 0.2) is 71.2 Å². The summed E-state index contributed by atoms with van der Waals surface area (Å²) in [6.07, 6.45) is 3.19. The lowest BCUT2D eigenvalue weighted by Crippen LogP contribution is -2.07. The fourth-order valence-corrected chi connectivity index (χ4v) is 2.39. The number of hydrogen-bond acceptors (Lipinski definition) is 3. The van der Waals surface area contributed by atoms with Crippen molar-refractivity contribution >= 4 is 17.7 Å². The van der Waals surface area contributed by atoms with Gasteiger partial charge >= 0.3 is 0 Å². The Kier molecular flexibility index (Phi) is 5.25. The topological polar surface area (TPSA) is 66.0 Å². The molecule has 0 spiro atoms. The van der Waals surface area contributed by atoms with Gasteiger partial charge in [-0.05, 0) is 48.0 Å². The highest BCUT2D eigenvalue weighted by Crippen LogP contribution is 2.25. The highest BCUT2D eigenvalue weighted by atomic mass is 19.1. The van der Waals surface area contributed by atoms with E-state index in [1.165, 1.54) is 18.2 Å². The molecule has 0 saturated heterocycles. The van der Waals surface area contributed by atoms with Crippen LogP contribution in [0.3, 0.4) is 0 Å². The number of anilines is 1. The maximum atomic E-state index is 13.8. The van der Waals surface area contributed by atoms with Gasteiger partial charge in [-0.3, -0.25) is 4.79 Å². The first-order valence-corrected chi connectivity index (χ1v) is 7.95. The van der Waals surface area contributed by atoms with Crippen molar-refractivity contribution in [3.05, 3.63) is 83.9 Å². The van der Waals surface area contributed by atoms with E-state index in [0.717, 1.165) is 5.56 Å². The second-order valence-electron chi connectivity index (χ2n) is 5.54. The number of halogens is 1. The Labute approximate surface area is 150 Å². The van der Waals surface area contributed by atoms with Gasteiger partial charge in [-0.2, -0.15) is 5.26 Å². The molecule has 0 radical (unpaired) electrons. The van der Waals surface area contributed by atoms with Crippen molar-refractivity contribution in [2.45, 2.75) is 6.42 Å². The summed E-state index contributed by atoms with van der Waals surface area (Å²) in [5, 5.41) is 11.4. The van der Waals surface area contributed by atoms with Crippen LogP contribution in [0, 0.1) is 17.1 Å². The van der Waals surface area contributed by atoms with Gasteiger partial charge in [0.05, 0.1) is 18.1 Å². The molecule has 3 rings (SSSR count). The summed E-state index contributed by atoms with van der Waals surface area (Å²) < 4.78 is 19.3. The van der Waals surface area contributed by atoms with Crippen LogP contribution in [0.4, 0.5) is 10.1 Å². The van der Waals surface area contributed by atoms with Crippen molar-refractivity contribution in [3.63, 3.8) is 0 Å². The summed E-state index contributed by atoms with van der Waals surface area (Å²) in [6, 6.07) is 18.8. The van der Waals surface area contributed by atoms with Crippen LogP contribution in [-0.2, 0) is 11.2 Å². The molecule has 2 aromatic carbocycles. The van der Waals surface area contributed by atoms with Gasteiger partial charge in [0.25, 0.3) is 0 Å². The zero-order valence-corrected chi connectivity index (χ0v) is 13.8. The fourth-order valence-electron chi connectivity index (χ4n) is 2.39. The molecule has 1 N–H and O–H groups in total. The summed E-state index contributed by atoms with van der Waals surface area (Å²) in [5.41, 5.74) is 1.89. The Hall–Kier alpha value is -3.65. The van der Waals surface area contributed by atoms with Crippen molar-refractivity contribution < 1.29 is 13.6 Å². The number of nitriles is 1. The minimum atomic E-state index is -0.366. The predicted molar refractivity (Wildman–Crippen MR) is 97.5 cm³/mol. The molecule has 1 amide bonds. The molecular formula is C21H15FN2O2. The van der Waals surface area contributed by atoms with E-state index in [1.807, 2.05) is 0 Å². The molecule has 0 atom stereocenters. The van der Waals surface area contributed by atoms with E-state index in [9.17, 15) is 9.18 Å². The van der Waals surface area contributed by atoms with Crippen molar-refractivity contribution in [1.29, 1.82) is 5.26 Å². The van der Waals surface area contributed by atoms with Gasteiger partial charge in [0, 0.05) is 11.8 Å². The van der Waals surface area contributed by atoms with Crippen LogP contribution in [0.1, 0.15) is 11.3 Å². The molecule has 3 aromatic rings. The number of amides is 1. The van der Waals surface area contributed by atoms with E-state index in [2.05, 4.69) is 11.4 Å². The zero-order chi connectivity index (χ0) is 18.4. The Bertz CT molecular complexity index is 982. The number of hydrogen-bond donors (Lipinski definition) is 1. The molecule has 1 heterocycles. The molecular weight excluding hydrogens is 331 g/mol. The number of carbonyl (C=O) groups is 1. The van der Waals surface area contributed by atoms with Gasteiger partial charge < -0.3 is 9.73 Å². The van der Waals surface area contributed by atoms with Crippen LogP contribution in [0.2, 0.25) is 0 Å². The molecule has 0 saturated carbocycles. The Morgan fingerprint density at radius 2 is 1.88 bits per heavy atom. The summed E-state index contributed by atoms with van der Waals surface area (Å²) >= 11 is 0. The second kappa shape index (κ2) is 7.95. The van der Waals surface area contributed by atoms with Crippen LogP contribution in [0.5, 0.6) is 0 Å². The van der Waals surface area contributed by atoms with Gasteiger partial charge in [-0.1, -0.05) is 24.3 Å². The molecule has 0 fully saturated rings. The van der Waals surface area contributed by atoms with Crippen LogP contribution >= 0.6 is 0 Å². The van der Waals surface area contributed by atoms with E-state index in [0.29, 0.717) is 29.2 Å². The van der Waals surface area contributed by atoms with Crippen LogP contribution in [0.25, 0.3) is 17.4 Å². The monoisotopic (exact) mass is 346 g/mol. The third-order valence-electron chi connectivity index (χ3n) is 3.67. The first kappa shape index (κ1) is 17.2. The number of nitrogens with zero attached hydrogens (tertiary/aromatic N) is 1. The molecule has 0 bridgehead atoms. The number of benzene rings is 2. The van der Waals surface area contributed by atoms with E-state index in [1.54, 1.807) is 54.6 Å². The number of carbonyl (C=O) groups excluding carboxylic acids is 1. The summed E-state index contributed by atoms with van der Waals surface area (Å²) in [5.74, 6) is 0.163. The lowest BCUT2D eigenvalue weighted by molar-refractivity contribution is -0.111. The Balaban J connectivity index is 1.64. The van der Waals surface area contributed by atoms with Crippen LogP contribution < -0.4 is 5.32 Å². The predicted octanol–water partition coefficient (Wildman–Crippen LogP) is 4.80. The average Bonchev–Trinajstić information content (AvgIpc) is 3.11. The lowest BCUT2D eigenvalue weighted by atomic mass is 10.1. The highest BCUT2D eigenvalue weighted by Gasteiger charge is 2.08.